The molecule has 0 saturated carbocycles. The molecule has 0 bridgehead atoms. The number of methoxy groups -OCH3 is 1. The maximum absolute atomic E-state index is 14.0. The Labute approximate surface area is 164 Å². The quantitative estimate of drug-likeness (QED) is 0.688. The summed E-state index contributed by atoms with van der Waals surface area (Å²) < 4.78 is 19.0. The second-order valence-electron chi connectivity index (χ2n) is 6.92. The van der Waals surface area contributed by atoms with Gasteiger partial charge in [0.25, 0.3) is 0 Å². The third kappa shape index (κ3) is 3.76. The highest BCUT2D eigenvalue weighted by Crippen LogP contribution is 2.26. The summed E-state index contributed by atoms with van der Waals surface area (Å²) in [7, 11) is 1.45. The van der Waals surface area contributed by atoms with Gasteiger partial charge in [-0.15, -0.1) is 0 Å². The normalized spacial score (nSPS) is 14.2. The lowest BCUT2D eigenvalue weighted by Gasteiger charge is -2.36. The zero-order valence-corrected chi connectivity index (χ0v) is 16.1. The lowest BCUT2D eigenvalue weighted by atomic mass is 10.1. The van der Waals surface area contributed by atoms with Crippen molar-refractivity contribution in [3.63, 3.8) is 0 Å². The number of piperazine rings is 1. The van der Waals surface area contributed by atoms with Gasteiger partial charge in [-0.25, -0.2) is 9.37 Å². The molecule has 2 aromatic carbocycles. The molecule has 5 nitrogen and oxygen atoms in total. The lowest BCUT2D eigenvalue weighted by molar-refractivity contribution is 0.386. The Hall–Kier alpha value is -3.15. The third-order valence-electron chi connectivity index (χ3n) is 5.07. The summed E-state index contributed by atoms with van der Waals surface area (Å²) in [6.07, 6.45) is 3.43. The maximum atomic E-state index is 14.0. The monoisotopic (exact) mass is 378 g/mol. The molecule has 0 atom stereocenters. The fourth-order valence-electron chi connectivity index (χ4n) is 3.42. The van der Waals surface area contributed by atoms with Crippen LogP contribution in [0.25, 0.3) is 11.3 Å². The Kier molecular flexibility index (Phi) is 5.10. The van der Waals surface area contributed by atoms with Gasteiger partial charge in [0.05, 0.1) is 25.2 Å². The number of anilines is 2. The molecule has 0 N–H and O–H groups in total. The van der Waals surface area contributed by atoms with Crippen LogP contribution in [-0.4, -0.2) is 43.3 Å². The molecule has 1 aliphatic rings. The molecule has 1 aromatic heterocycles. The van der Waals surface area contributed by atoms with E-state index in [4.69, 9.17) is 9.72 Å². The van der Waals surface area contributed by atoms with E-state index in [0.29, 0.717) is 11.3 Å². The van der Waals surface area contributed by atoms with E-state index in [9.17, 15) is 4.39 Å². The molecule has 2 heterocycles. The lowest BCUT2D eigenvalue weighted by Crippen LogP contribution is -2.46. The average Bonchev–Trinajstić information content (AvgIpc) is 2.74. The van der Waals surface area contributed by atoms with E-state index in [0.717, 1.165) is 32.0 Å². The van der Waals surface area contributed by atoms with Crippen LogP contribution in [0.2, 0.25) is 0 Å². The summed E-state index contributed by atoms with van der Waals surface area (Å²) >= 11 is 0. The fourth-order valence-corrected chi connectivity index (χ4v) is 3.42. The van der Waals surface area contributed by atoms with Crippen molar-refractivity contribution in [2.75, 3.05) is 43.1 Å². The van der Waals surface area contributed by atoms with Crippen LogP contribution < -0.4 is 14.5 Å². The molecule has 28 heavy (non-hydrogen) atoms. The van der Waals surface area contributed by atoms with E-state index in [-0.39, 0.29) is 5.75 Å². The van der Waals surface area contributed by atoms with Gasteiger partial charge in [-0.2, -0.15) is 0 Å². The van der Waals surface area contributed by atoms with Crippen molar-refractivity contribution in [2.24, 2.45) is 0 Å². The number of hydrogen-bond acceptors (Lipinski definition) is 5. The first-order chi connectivity index (χ1) is 13.6. The Morgan fingerprint density at radius 1 is 0.929 bits per heavy atom. The molecule has 1 fully saturated rings. The summed E-state index contributed by atoms with van der Waals surface area (Å²) in [5.74, 6) is 0.635. The first kappa shape index (κ1) is 18.2. The van der Waals surface area contributed by atoms with E-state index in [1.165, 1.54) is 24.4 Å². The fraction of sp³-hybridized carbons (Fsp3) is 0.273. The highest BCUT2D eigenvalue weighted by molar-refractivity contribution is 5.61. The SMILES string of the molecule is COc1ccc(-c2cncc(N3CCN(c4ccc(C)cc4)CC3)n2)cc1F. The van der Waals surface area contributed by atoms with E-state index in [1.807, 2.05) is 0 Å². The number of halogens is 1. The van der Waals surface area contributed by atoms with Gasteiger partial charge in [0.1, 0.15) is 5.82 Å². The number of aryl methyl sites for hydroxylation is 1. The van der Waals surface area contributed by atoms with Gasteiger partial charge in [0.15, 0.2) is 11.6 Å². The zero-order valence-electron chi connectivity index (χ0n) is 16.1. The largest absolute Gasteiger partial charge is 0.494 e. The Balaban J connectivity index is 1.48. The summed E-state index contributed by atoms with van der Waals surface area (Å²) in [5.41, 5.74) is 3.86. The van der Waals surface area contributed by atoms with Gasteiger partial charge in [0.2, 0.25) is 0 Å². The number of benzene rings is 2. The molecule has 6 heteroatoms. The first-order valence-corrected chi connectivity index (χ1v) is 9.36. The van der Waals surface area contributed by atoms with Gasteiger partial charge in [-0.05, 0) is 37.3 Å². The van der Waals surface area contributed by atoms with Gasteiger partial charge >= 0.3 is 0 Å². The van der Waals surface area contributed by atoms with Crippen molar-refractivity contribution in [3.8, 4) is 17.0 Å². The number of hydrogen-bond donors (Lipinski definition) is 0. The van der Waals surface area contributed by atoms with E-state index >= 15 is 0 Å². The summed E-state index contributed by atoms with van der Waals surface area (Å²) in [5, 5.41) is 0. The molecule has 1 saturated heterocycles. The average molecular weight is 378 g/mol. The topological polar surface area (TPSA) is 41.5 Å². The van der Waals surface area contributed by atoms with E-state index in [1.54, 1.807) is 24.5 Å². The second-order valence-corrected chi connectivity index (χ2v) is 6.92. The minimum Gasteiger partial charge on any atom is -0.494 e. The number of nitrogens with zero attached hydrogens (tertiary/aromatic N) is 4. The molecular formula is C22H23FN4O. The number of rotatable bonds is 4. The summed E-state index contributed by atoms with van der Waals surface area (Å²) in [6.45, 7) is 5.67. The molecule has 1 aliphatic heterocycles. The van der Waals surface area contributed by atoms with Crippen LogP contribution in [0.5, 0.6) is 5.75 Å². The van der Waals surface area contributed by atoms with Crippen LogP contribution >= 0.6 is 0 Å². The molecule has 0 spiro atoms. The van der Waals surface area contributed by atoms with Crippen molar-refractivity contribution in [3.05, 3.63) is 66.2 Å². The highest BCUT2D eigenvalue weighted by atomic mass is 19.1. The number of ether oxygens (including phenoxy) is 1. The van der Waals surface area contributed by atoms with Crippen LogP contribution in [-0.2, 0) is 0 Å². The van der Waals surface area contributed by atoms with E-state index in [2.05, 4.69) is 46.0 Å². The molecule has 0 aliphatic carbocycles. The van der Waals surface area contributed by atoms with Crippen molar-refractivity contribution >= 4 is 11.5 Å². The molecular weight excluding hydrogens is 355 g/mol. The van der Waals surface area contributed by atoms with Crippen LogP contribution in [0, 0.1) is 12.7 Å². The molecule has 0 radical (unpaired) electrons. The van der Waals surface area contributed by atoms with Crippen LogP contribution in [0.3, 0.4) is 0 Å². The Bertz CT molecular complexity index is 953. The third-order valence-corrected chi connectivity index (χ3v) is 5.07. The standard InChI is InChI=1S/C22H23FN4O/c1-16-3-6-18(7-4-16)26-9-11-27(12-10-26)22-15-24-14-20(25-22)17-5-8-21(28-2)19(23)13-17/h3-8,13-15H,9-12H2,1-2H3. The molecule has 4 rings (SSSR count). The molecule has 144 valence electrons. The van der Waals surface area contributed by atoms with Crippen LogP contribution in [0.4, 0.5) is 15.9 Å². The number of aromatic nitrogens is 2. The van der Waals surface area contributed by atoms with Crippen LogP contribution in [0.1, 0.15) is 5.56 Å². The summed E-state index contributed by atoms with van der Waals surface area (Å²) in [6, 6.07) is 13.5. The smallest absolute Gasteiger partial charge is 0.165 e. The van der Waals surface area contributed by atoms with Crippen molar-refractivity contribution < 1.29 is 9.13 Å². The highest BCUT2D eigenvalue weighted by Gasteiger charge is 2.19. The van der Waals surface area contributed by atoms with Crippen molar-refractivity contribution in [1.29, 1.82) is 0 Å². The van der Waals surface area contributed by atoms with Gasteiger partial charge in [0, 0.05) is 37.4 Å². The van der Waals surface area contributed by atoms with Crippen molar-refractivity contribution in [1.82, 2.24) is 9.97 Å². The van der Waals surface area contributed by atoms with Gasteiger partial charge < -0.3 is 14.5 Å². The zero-order chi connectivity index (χ0) is 19.5. The molecule has 0 amide bonds. The minimum absolute atomic E-state index is 0.222. The minimum atomic E-state index is -0.404. The predicted octanol–water partition coefficient (Wildman–Crippen LogP) is 3.93. The first-order valence-electron chi connectivity index (χ1n) is 9.36. The van der Waals surface area contributed by atoms with Crippen molar-refractivity contribution in [2.45, 2.75) is 6.92 Å². The van der Waals surface area contributed by atoms with Gasteiger partial charge in [-0.1, -0.05) is 17.7 Å². The van der Waals surface area contributed by atoms with E-state index < -0.39 is 5.82 Å². The van der Waals surface area contributed by atoms with Gasteiger partial charge in [-0.3, -0.25) is 4.98 Å². The molecule has 3 aromatic rings. The molecule has 0 unspecified atom stereocenters. The predicted molar refractivity (Wildman–Crippen MR) is 110 cm³/mol. The summed E-state index contributed by atoms with van der Waals surface area (Å²) in [4.78, 5) is 13.6. The Morgan fingerprint density at radius 3 is 2.32 bits per heavy atom. The Morgan fingerprint density at radius 2 is 1.64 bits per heavy atom. The van der Waals surface area contributed by atoms with Crippen LogP contribution in [0.15, 0.2) is 54.9 Å². The second kappa shape index (κ2) is 7.84. The maximum Gasteiger partial charge on any atom is 0.165 e.